The summed E-state index contributed by atoms with van der Waals surface area (Å²) in [6.07, 6.45) is 15.9. The van der Waals surface area contributed by atoms with Crippen molar-refractivity contribution in [3.63, 3.8) is 0 Å². The first-order chi connectivity index (χ1) is 8.84. The summed E-state index contributed by atoms with van der Waals surface area (Å²) in [5.74, 6) is 0.761. The molecule has 3 rings (SSSR count). The molecule has 0 aliphatic heterocycles. The van der Waals surface area contributed by atoms with Gasteiger partial charge in [-0.05, 0) is 38.5 Å². The molecule has 0 bridgehead atoms. The summed E-state index contributed by atoms with van der Waals surface area (Å²) in [4.78, 5) is 4.42. The van der Waals surface area contributed by atoms with E-state index < -0.39 is 0 Å². The molecule has 1 aromatic heterocycles. The van der Waals surface area contributed by atoms with Crippen LogP contribution in [0.2, 0.25) is 0 Å². The first-order valence-corrected chi connectivity index (χ1v) is 7.62. The van der Waals surface area contributed by atoms with Gasteiger partial charge in [0.25, 0.3) is 0 Å². The number of nitrogens with two attached hydrogens (primary N) is 1. The molecule has 0 aromatic carbocycles. The van der Waals surface area contributed by atoms with Gasteiger partial charge in [-0.3, -0.25) is 0 Å². The molecule has 2 aliphatic rings. The normalized spacial score (nSPS) is 30.5. The maximum Gasteiger partial charge on any atom is 0.0950 e. The second-order valence-electron chi connectivity index (χ2n) is 6.13. The van der Waals surface area contributed by atoms with E-state index in [0.29, 0.717) is 12.1 Å². The molecular formula is C15H25N3. The lowest BCUT2D eigenvalue weighted by atomic mass is 9.86. The summed E-state index contributed by atoms with van der Waals surface area (Å²) in [5, 5.41) is 0. The van der Waals surface area contributed by atoms with Crippen molar-refractivity contribution in [3.05, 3.63) is 18.2 Å². The molecule has 1 heterocycles. The van der Waals surface area contributed by atoms with Gasteiger partial charge >= 0.3 is 0 Å². The van der Waals surface area contributed by atoms with Gasteiger partial charge in [-0.15, -0.1) is 0 Å². The van der Waals surface area contributed by atoms with Crippen LogP contribution in [0.15, 0.2) is 12.5 Å². The molecule has 1 aromatic rings. The lowest BCUT2D eigenvalue weighted by Gasteiger charge is -2.31. The van der Waals surface area contributed by atoms with E-state index in [1.165, 1.54) is 63.5 Å². The lowest BCUT2D eigenvalue weighted by Crippen LogP contribution is -2.28. The van der Waals surface area contributed by atoms with Crippen LogP contribution < -0.4 is 5.73 Å². The minimum absolute atomic E-state index is 0.433. The zero-order chi connectivity index (χ0) is 12.4. The number of hydrogen-bond acceptors (Lipinski definition) is 2. The average molecular weight is 247 g/mol. The maximum atomic E-state index is 6.01. The molecule has 3 heteroatoms. The van der Waals surface area contributed by atoms with E-state index >= 15 is 0 Å². The summed E-state index contributed by atoms with van der Waals surface area (Å²) in [5.41, 5.74) is 7.50. The molecular weight excluding hydrogens is 222 g/mol. The summed E-state index contributed by atoms with van der Waals surface area (Å²) < 4.78 is 2.47. The molecule has 2 aliphatic carbocycles. The van der Waals surface area contributed by atoms with Gasteiger partial charge in [-0.2, -0.15) is 0 Å². The van der Waals surface area contributed by atoms with Crippen LogP contribution in [0.3, 0.4) is 0 Å². The molecule has 0 amide bonds. The Kier molecular flexibility index (Phi) is 3.69. The van der Waals surface area contributed by atoms with E-state index in [1.54, 1.807) is 0 Å². The number of imidazole rings is 1. The highest BCUT2D eigenvalue weighted by Gasteiger charge is 2.25. The van der Waals surface area contributed by atoms with Gasteiger partial charge in [0.2, 0.25) is 0 Å². The molecule has 0 unspecified atom stereocenters. The summed E-state index contributed by atoms with van der Waals surface area (Å²) in [6.45, 7) is 0. The molecule has 0 radical (unpaired) electrons. The second-order valence-corrected chi connectivity index (χ2v) is 6.13. The summed E-state index contributed by atoms with van der Waals surface area (Å²) >= 11 is 0. The second kappa shape index (κ2) is 5.43. The van der Waals surface area contributed by atoms with Gasteiger partial charge < -0.3 is 10.3 Å². The first kappa shape index (κ1) is 12.2. The highest BCUT2D eigenvalue weighted by molar-refractivity contribution is 5.09. The van der Waals surface area contributed by atoms with Gasteiger partial charge in [0.1, 0.15) is 0 Å². The maximum absolute atomic E-state index is 6.01. The third-order valence-electron chi connectivity index (χ3n) is 4.85. The largest absolute Gasteiger partial charge is 0.331 e. The third-order valence-corrected chi connectivity index (χ3v) is 4.85. The Morgan fingerprint density at radius 2 is 1.72 bits per heavy atom. The topological polar surface area (TPSA) is 43.8 Å². The molecule has 2 saturated carbocycles. The molecule has 2 N–H and O–H groups in total. The first-order valence-electron chi connectivity index (χ1n) is 7.62. The van der Waals surface area contributed by atoms with E-state index in [0.717, 1.165) is 5.92 Å². The number of aromatic nitrogens is 2. The van der Waals surface area contributed by atoms with E-state index in [4.69, 9.17) is 5.73 Å². The van der Waals surface area contributed by atoms with Crippen LogP contribution in [-0.2, 0) is 0 Å². The van der Waals surface area contributed by atoms with Crippen molar-refractivity contribution in [1.82, 2.24) is 9.55 Å². The fourth-order valence-electron chi connectivity index (χ4n) is 3.71. The van der Waals surface area contributed by atoms with E-state index in [-0.39, 0.29) is 0 Å². The van der Waals surface area contributed by atoms with E-state index in [9.17, 15) is 0 Å². The molecule has 0 saturated heterocycles. The highest BCUT2D eigenvalue weighted by Crippen LogP contribution is 2.36. The van der Waals surface area contributed by atoms with Gasteiger partial charge in [0, 0.05) is 29.9 Å². The average Bonchev–Trinajstić information content (AvgIpc) is 2.90. The van der Waals surface area contributed by atoms with Crippen LogP contribution in [0.25, 0.3) is 0 Å². The molecule has 18 heavy (non-hydrogen) atoms. The highest BCUT2D eigenvalue weighted by atomic mass is 15.1. The number of nitrogens with zero attached hydrogens (tertiary/aromatic N) is 2. The predicted molar refractivity (Wildman–Crippen MR) is 73.5 cm³/mol. The Morgan fingerprint density at radius 3 is 2.44 bits per heavy atom. The number of hydrogen-bond donors (Lipinski definition) is 1. The van der Waals surface area contributed by atoms with Crippen LogP contribution in [0, 0.1) is 0 Å². The Balaban J connectivity index is 1.74. The van der Waals surface area contributed by atoms with Crippen molar-refractivity contribution in [3.8, 4) is 0 Å². The quantitative estimate of drug-likeness (QED) is 0.870. The molecule has 0 atom stereocenters. The molecule has 3 nitrogen and oxygen atoms in total. The van der Waals surface area contributed by atoms with Crippen LogP contribution in [0.5, 0.6) is 0 Å². The lowest BCUT2D eigenvalue weighted by molar-refractivity contribution is 0.308. The van der Waals surface area contributed by atoms with Gasteiger partial charge in [-0.25, -0.2) is 4.98 Å². The predicted octanol–water partition coefficient (Wildman–Crippen LogP) is 3.37. The van der Waals surface area contributed by atoms with Crippen molar-refractivity contribution >= 4 is 0 Å². The Hall–Kier alpha value is -0.830. The smallest absolute Gasteiger partial charge is 0.0950 e. The van der Waals surface area contributed by atoms with Crippen molar-refractivity contribution < 1.29 is 0 Å². The fourth-order valence-corrected chi connectivity index (χ4v) is 3.71. The SMILES string of the molecule is NC1CCC(n2cncc2C2CCCCC2)CC1. The van der Waals surface area contributed by atoms with Crippen LogP contribution in [0.1, 0.15) is 75.4 Å². The number of rotatable bonds is 2. The molecule has 100 valence electrons. The van der Waals surface area contributed by atoms with Crippen molar-refractivity contribution in [2.24, 2.45) is 5.73 Å². The van der Waals surface area contributed by atoms with Crippen LogP contribution in [-0.4, -0.2) is 15.6 Å². The Morgan fingerprint density at radius 1 is 1.00 bits per heavy atom. The van der Waals surface area contributed by atoms with Crippen molar-refractivity contribution in [2.75, 3.05) is 0 Å². The summed E-state index contributed by atoms with van der Waals surface area (Å²) in [6, 6.07) is 1.09. The standard InChI is InChI=1S/C15H25N3/c16-13-6-8-14(9-7-13)18-11-17-10-15(18)12-4-2-1-3-5-12/h10-14H,1-9,16H2. The van der Waals surface area contributed by atoms with Crippen LogP contribution in [0.4, 0.5) is 0 Å². The van der Waals surface area contributed by atoms with Gasteiger partial charge in [0.15, 0.2) is 0 Å². The monoisotopic (exact) mass is 247 g/mol. The van der Waals surface area contributed by atoms with E-state index in [1.807, 2.05) is 0 Å². The van der Waals surface area contributed by atoms with Gasteiger partial charge in [-0.1, -0.05) is 19.3 Å². The zero-order valence-corrected chi connectivity index (χ0v) is 11.2. The molecule has 2 fully saturated rings. The Labute approximate surface area is 110 Å². The third kappa shape index (κ3) is 2.46. The van der Waals surface area contributed by atoms with Crippen molar-refractivity contribution in [1.29, 1.82) is 0 Å². The summed E-state index contributed by atoms with van der Waals surface area (Å²) in [7, 11) is 0. The fraction of sp³-hybridized carbons (Fsp3) is 0.800. The Bertz CT molecular complexity index is 371. The minimum atomic E-state index is 0.433. The van der Waals surface area contributed by atoms with Gasteiger partial charge in [0.05, 0.1) is 6.33 Å². The minimum Gasteiger partial charge on any atom is -0.331 e. The van der Waals surface area contributed by atoms with E-state index in [2.05, 4.69) is 22.1 Å². The van der Waals surface area contributed by atoms with Crippen LogP contribution >= 0.6 is 0 Å². The molecule has 0 spiro atoms. The van der Waals surface area contributed by atoms with Crippen molar-refractivity contribution in [2.45, 2.75) is 75.8 Å². The zero-order valence-electron chi connectivity index (χ0n) is 11.2.